The van der Waals surface area contributed by atoms with Gasteiger partial charge in [-0.1, -0.05) is 81.4 Å². The molecule has 0 spiro atoms. The molecule has 0 aliphatic heterocycles. The van der Waals surface area contributed by atoms with E-state index >= 15 is 0 Å². The zero-order valence-corrected chi connectivity index (χ0v) is 23.3. The number of amides is 2. The summed E-state index contributed by atoms with van der Waals surface area (Å²) in [6.07, 6.45) is 0.328. The summed E-state index contributed by atoms with van der Waals surface area (Å²) in [5, 5.41) is 3.04. The minimum absolute atomic E-state index is 0.137. The van der Waals surface area contributed by atoms with Gasteiger partial charge in [-0.15, -0.1) is 0 Å². The lowest BCUT2D eigenvalue weighted by atomic mass is 9.86. The normalized spacial score (nSPS) is 12.5. The molecule has 0 aliphatic rings. The second-order valence-corrected chi connectivity index (χ2v) is 11.6. The van der Waals surface area contributed by atoms with Gasteiger partial charge in [0.15, 0.2) is 6.61 Å². The lowest BCUT2D eigenvalue weighted by Crippen LogP contribution is -2.55. The summed E-state index contributed by atoms with van der Waals surface area (Å²) in [4.78, 5) is 28.9. The van der Waals surface area contributed by atoms with Crippen molar-refractivity contribution in [3.63, 3.8) is 0 Å². The molecule has 1 N–H and O–H groups in total. The van der Waals surface area contributed by atoms with Crippen LogP contribution in [0.2, 0.25) is 0 Å². The highest BCUT2D eigenvalue weighted by atomic mass is 19.1. The van der Waals surface area contributed by atoms with E-state index in [1.54, 1.807) is 17.0 Å². The maximum atomic E-state index is 13.8. The molecule has 0 radical (unpaired) electrons. The third-order valence-corrected chi connectivity index (χ3v) is 6.08. The number of nitrogens with one attached hydrogen (secondary N) is 1. The lowest BCUT2D eigenvalue weighted by Gasteiger charge is -2.34. The molecule has 0 heterocycles. The average Bonchev–Trinajstić information content (AvgIpc) is 2.85. The zero-order valence-electron chi connectivity index (χ0n) is 23.3. The van der Waals surface area contributed by atoms with Crippen molar-refractivity contribution in [2.75, 3.05) is 6.61 Å². The van der Waals surface area contributed by atoms with E-state index in [9.17, 15) is 14.0 Å². The molecule has 3 aromatic rings. The largest absolute Gasteiger partial charge is 0.483 e. The number of hydrogen-bond donors (Lipinski definition) is 1. The number of rotatable bonds is 9. The van der Waals surface area contributed by atoms with Crippen molar-refractivity contribution in [1.82, 2.24) is 10.2 Å². The quantitative estimate of drug-likeness (QED) is 0.375. The Kier molecular flexibility index (Phi) is 9.31. The van der Waals surface area contributed by atoms with Crippen LogP contribution in [0.1, 0.15) is 58.2 Å². The number of para-hydroxylation sites is 1. The Labute approximate surface area is 226 Å². The summed E-state index contributed by atoms with van der Waals surface area (Å²) in [5.74, 6) is -0.316. The summed E-state index contributed by atoms with van der Waals surface area (Å²) < 4.78 is 19.7. The van der Waals surface area contributed by atoms with Gasteiger partial charge >= 0.3 is 0 Å². The van der Waals surface area contributed by atoms with E-state index in [2.05, 4.69) is 26.1 Å². The van der Waals surface area contributed by atoms with Crippen LogP contribution in [0.3, 0.4) is 0 Å². The number of halogens is 1. The fourth-order valence-electron chi connectivity index (χ4n) is 4.23. The monoisotopic (exact) mass is 518 g/mol. The van der Waals surface area contributed by atoms with Crippen LogP contribution in [0.25, 0.3) is 0 Å². The van der Waals surface area contributed by atoms with Crippen molar-refractivity contribution in [3.8, 4) is 5.75 Å². The highest BCUT2D eigenvalue weighted by Crippen LogP contribution is 2.31. The fourth-order valence-corrected chi connectivity index (χ4v) is 4.23. The van der Waals surface area contributed by atoms with Gasteiger partial charge in [0, 0.05) is 18.5 Å². The van der Waals surface area contributed by atoms with E-state index in [1.165, 1.54) is 12.1 Å². The number of carbonyl (C=O) groups is 2. The van der Waals surface area contributed by atoms with E-state index in [1.807, 2.05) is 75.4 Å². The Hall–Kier alpha value is -3.67. The Bertz CT molecular complexity index is 1210. The van der Waals surface area contributed by atoms with Crippen LogP contribution in [-0.2, 0) is 28.0 Å². The van der Waals surface area contributed by atoms with E-state index in [0.29, 0.717) is 12.2 Å². The van der Waals surface area contributed by atoms with E-state index in [4.69, 9.17) is 4.74 Å². The van der Waals surface area contributed by atoms with Gasteiger partial charge in [0.05, 0.1) is 0 Å². The van der Waals surface area contributed by atoms with Crippen LogP contribution < -0.4 is 10.1 Å². The molecule has 0 fully saturated rings. The summed E-state index contributed by atoms with van der Waals surface area (Å²) in [7, 11) is 0. The minimum Gasteiger partial charge on any atom is -0.483 e. The van der Waals surface area contributed by atoms with Crippen molar-refractivity contribution >= 4 is 11.8 Å². The van der Waals surface area contributed by atoms with Gasteiger partial charge in [0.1, 0.15) is 17.6 Å². The molecule has 3 rings (SSSR count). The third-order valence-electron chi connectivity index (χ3n) is 6.08. The van der Waals surface area contributed by atoms with Crippen LogP contribution in [0, 0.1) is 5.82 Å². The molecular formula is C32H39FN2O3. The summed E-state index contributed by atoms with van der Waals surface area (Å²) in [5.41, 5.74) is 1.98. The van der Waals surface area contributed by atoms with Crippen LogP contribution in [0.15, 0.2) is 78.9 Å². The Morgan fingerprint density at radius 3 is 2.05 bits per heavy atom. The number of hydrogen-bond acceptors (Lipinski definition) is 3. The highest BCUT2D eigenvalue weighted by Gasteiger charge is 2.32. The molecule has 0 aliphatic carbocycles. The summed E-state index contributed by atoms with van der Waals surface area (Å²) >= 11 is 0. The SMILES string of the molecule is CC(C)(C)NC(=O)[C@H](Cc1ccccc1)N(Cc1ccc(F)cc1)C(=O)COc1ccccc1C(C)(C)C. The molecular weight excluding hydrogens is 479 g/mol. The van der Waals surface area contributed by atoms with Crippen LogP contribution in [0.4, 0.5) is 4.39 Å². The summed E-state index contributed by atoms with van der Waals surface area (Å²) in [6, 6.07) is 22.5. The molecule has 1 atom stereocenters. The van der Waals surface area contributed by atoms with Crippen molar-refractivity contribution < 1.29 is 18.7 Å². The maximum Gasteiger partial charge on any atom is 0.261 e. The van der Waals surface area contributed by atoms with Crippen LogP contribution >= 0.6 is 0 Å². The number of nitrogens with zero attached hydrogens (tertiary/aromatic N) is 1. The first-order valence-corrected chi connectivity index (χ1v) is 13.0. The first-order valence-electron chi connectivity index (χ1n) is 13.0. The fraction of sp³-hybridized carbons (Fsp3) is 0.375. The van der Waals surface area contributed by atoms with Gasteiger partial charge in [0.2, 0.25) is 5.91 Å². The molecule has 0 unspecified atom stereocenters. The van der Waals surface area contributed by atoms with Crippen molar-refractivity contribution in [3.05, 3.63) is 101 Å². The molecule has 0 saturated carbocycles. The smallest absolute Gasteiger partial charge is 0.261 e. The van der Waals surface area contributed by atoms with Gasteiger partial charge in [-0.05, 0) is 61.1 Å². The molecule has 6 heteroatoms. The number of benzene rings is 3. The number of carbonyl (C=O) groups excluding carboxylic acids is 2. The molecule has 2 amide bonds. The Balaban J connectivity index is 1.95. The zero-order chi connectivity index (χ0) is 27.9. The van der Waals surface area contributed by atoms with Gasteiger partial charge in [0.25, 0.3) is 5.91 Å². The average molecular weight is 519 g/mol. The molecule has 202 valence electrons. The Morgan fingerprint density at radius 2 is 1.45 bits per heavy atom. The van der Waals surface area contributed by atoms with E-state index in [0.717, 1.165) is 16.7 Å². The topological polar surface area (TPSA) is 58.6 Å². The lowest BCUT2D eigenvalue weighted by molar-refractivity contribution is -0.143. The minimum atomic E-state index is -0.796. The van der Waals surface area contributed by atoms with Crippen molar-refractivity contribution in [2.24, 2.45) is 0 Å². The van der Waals surface area contributed by atoms with Crippen LogP contribution in [0.5, 0.6) is 5.75 Å². The predicted molar refractivity (Wildman–Crippen MR) is 149 cm³/mol. The van der Waals surface area contributed by atoms with Gasteiger partial charge < -0.3 is 15.0 Å². The highest BCUT2D eigenvalue weighted by molar-refractivity contribution is 5.89. The van der Waals surface area contributed by atoms with Crippen molar-refractivity contribution in [1.29, 1.82) is 0 Å². The summed E-state index contributed by atoms with van der Waals surface area (Å²) in [6.45, 7) is 11.9. The first kappa shape index (κ1) is 28.9. The van der Waals surface area contributed by atoms with Gasteiger partial charge in [-0.3, -0.25) is 9.59 Å². The second-order valence-electron chi connectivity index (χ2n) is 11.6. The van der Waals surface area contributed by atoms with Crippen LogP contribution in [-0.4, -0.2) is 34.9 Å². The molecule has 3 aromatic carbocycles. The second kappa shape index (κ2) is 12.2. The standard InChI is InChI=1S/C32H39FN2O3/c1-31(2,3)26-14-10-11-15-28(26)38-22-29(36)35(21-24-16-18-25(33)19-17-24)27(30(37)34-32(4,5)6)20-23-12-8-7-9-13-23/h7-19,27H,20-22H2,1-6H3,(H,34,37)/t27-/m0/s1. The molecule has 5 nitrogen and oxygen atoms in total. The van der Waals surface area contributed by atoms with Gasteiger partial charge in [-0.25, -0.2) is 4.39 Å². The van der Waals surface area contributed by atoms with Gasteiger partial charge in [-0.2, -0.15) is 0 Å². The van der Waals surface area contributed by atoms with E-state index < -0.39 is 11.6 Å². The Morgan fingerprint density at radius 1 is 0.842 bits per heavy atom. The van der Waals surface area contributed by atoms with E-state index in [-0.39, 0.29) is 36.2 Å². The number of ether oxygens (including phenoxy) is 1. The molecule has 0 aromatic heterocycles. The van der Waals surface area contributed by atoms with Crippen molar-refractivity contribution in [2.45, 2.75) is 71.5 Å². The predicted octanol–water partition coefficient (Wildman–Crippen LogP) is 6.06. The third kappa shape index (κ3) is 8.44. The molecule has 0 saturated heterocycles. The molecule has 0 bridgehead atoms. The maximum absolute atomic E-state index is 13.8. The molecule has 38 heavy (non-hydrogen) atoms. The first-order chi connectivity index (χ1) is 17.8.